The van der Waals surface area contributed by atoms with Crippen molar-refractivity contribution in [2.75, 3.05) is 5.32 Å². The van der Waals surface area contributed by atoms with E-state index in [1.165, 1.54) is 5.56 Å². The van der Waals surface area contributed by atoms with Gasteiger partial charge in [0, 0.05) is 29.7 Å². The number of rotatable bonds is 7. The van der Waals surface area contributed by atoms with Gasteiger partial charge in [-0.2, -0.15) is 4.98 Å². The van der Waals surface area contributed by atoms with Crippen LogP contribution in [-0.4, -0.2) is 38.0 Å². The van der Waals surface area contributed by atoms with Crippen LogP contribution in [0.1, 0.15) is 32.2 Å². The smallest absolute Gasteiger partial charge is 0.246 e. The summed E-state index contributed by atoms with van der Waals surface area (Å²) in [6.45, 7) is 8.07. The molecule has 0 bridgehead atoms. The number of carbonyl (C=O) groups excluding carboxylic acids is 1. The van der Waals surface area contributed by atoms with Gasteiger partial charge in [-0.1, -0.05) is 22.9 Å². The molecule has 3 aromatic rings. The second-order valence-corrected chi connectivity index (χ2v) is 7.05. The van der Waals surface area contributed by atoms with Crippen molar-refractivity contribution < 1.29 is 9.32 Å². The third-order valence-corrected chi connectivity index (χ3v) is 4.41. The zero-order valence-corrected chi connectivity index (χ0v) is 16.6. The Bertz CT molecular complexity index is 906. The van der Waals surface area contributed by atoms with Crippen molar-refractivity contribution in [3.63, 3.8) is 0 Å². The maximum Gasteiger partial charge on any atom is 0.246 e. The Balaban J connectivity index is 1.70. The summed E-state index contributed by atoms with van der Waals surface area (Å²) in [7, 11) is 0. The maximum absolute atomic E-state index is 13.0. The van der Waals surface area contributed by atoms with E-state index in [0.717, 1.165) is 11.3 Å². The largest absolute Gasteiger partial charge is 0.374 e. The van der Waals surface area contributed by atoms with Crippen LogP contribution in [0.2, 0.25) is 0 Å². The summed E-state index contributed by atoms with van der Waals surface area (Å²) in [5.74, 6) is 0.824. The van der Waals surface area contributed by atoms with E-state index in [2.05, 4.69) is 20.4 Å². The van der Waals surface area contributed by atoms with Crippen LogP contribution in [0.3, 0.4) is 0 Å². The van der Waals surface area contributed by atoms with Gasteiger partial charge in [-0.05, 0) is 52.0 Å². The summed E-state index contributed by atoms with van der Waals surface area (Å²) in [5.41, 5.74) is 2.86. The molecule has 7 nitrogen and oxygen atoms in total. The molecule has 0 aliphatic heterocycles. The molecule has 0 aliphatic carbocycles. The molecule has 7 heteroatoms. The molecule has 1 N–H and O–H groups in total. The Kier molecular flexibility index (Phi) is 6.03. The molecule has 28 heavy (non-hydrogen) atoms. The van der Waals surface area contributed by atoms with Crippen LogP contribution in [-0.2, 0) is 11.3 Å². The van der Waals surface area contributed by atoms with Crippen LogP contribution in [0.5, 0.6) is 0 Å². The molecule has 1 aromatic carbocycles. The number of anilines is 1. The van der Waals surface area contributed by atoms with Gasteiger partial charge in [0.05, 0.1) is 0 Å². The van der Waals surface area contributed by atoms with Gasteiger partial charge >= 0.3 is 0 Å². The third kappa shape index (κ3) is 4.73. The Labute approximate surface area is 164 Å². The van der Waals surface area contributed by atoms with Crippen LogP contribution in [0.25, 0.3) is 11.4 Å². The molecule has 1 atom stereocenters. The number of carbonyl (C=O) groups is 1. The Morgan fingerprint density at radius 2 is 1.93 bits per heavy atom. The molecule has 1 amide bonds. The van der Waals surface area contributed by atoms with E-state index in [1.54, 1.807) is 17.3 Å². The average molecular weight is 379 g/mol. The van der Waals surface area contributed by atoms with Crippen LogP contribution >= 0.6 is 0 Å². The van der Waals surface area contributed by atoms with E-state index >= 15 is 0 Å². The van der Waals surface area contributed by atoms with Crippen LogP contribution in [0.4, 0.5) is 5.69 Å². The van der Waals surface area contributed by atoms with E-state index in [1.807, 2.05) is 64.1 Å². The maximum atomic E-state index is 13.0. The van der Waals surface area contributed by atoms with Crippen molar-refractivity contribution in [3.8, 4) is 11.4 Å². The Morgan fingerprint density at radius 1 is 1.18 bits per heavy atom. The highest BCUT2D eigenvalue weighted by atomic mass is 16.5. The van der Waals surface area contributed by atoms with Gasteiger partial charge in [0.15, 0.2) is 0 Å². The van der Waals surface area contributed by atoms with E-state index in [9.17, 15) is 4.79 Å². The first kappa shape index (κ1) is 19.5. The summed E-state index contributed by atoms with van der Waals surface area (Å²) in [6, 6.07) is 11.2. The van der Waals surface area contributed by atoms with Crippen LogP contribution in [0.15, 0.2) is 53.3 Å². The van der Waals surface area contributed by atoms with Crippen molar-refractivity contribution in [2.24, 2.45) is 0 Å². The molecule has 3 rings (SSSR count). The van der Waals surface area contributed by atoms with Crippen molar-refractivity contribution in [3.05, 3.63) is 60.2 Å². The second-order valence-electron chi connectivity index (χ2n) is 7.05. The monoisotopic (exact) mass is 379 g/mol. The fraction of sp³-hybridized carbons (Fsp3) is 0.333. The minimum absolute atomic E-state index is 0.0106. The molecule has 0 radical (unpaired) electrons. The number of hydrogen-bond acceptors (Lipinski definition) is 6. The molecule has 1 unspecified atom stereocenters. The lowest BCUT2D eigenvalue weighted by molar-refractivity contribution is -0.134. The fourth-order valence-corrected chi connectivity index (χ4v) is 2.80. The first-order chi connectivity index (χ1) is 13.4. The SMILES string of the molecule is Cc1ccc(NC(C)C(=O)N(Cc2nc(-c3cccnc3)no2)C(C)C)cc1. The fourth-order valence-electron chi connectivity index (χ4n) is 2.80. The zero-order valence-electron chi connectivity index (χ0n) is 16.6. The van der Waals surface area contributed by atoms with Gasteiger partial charge in [0.25, 0.3) is 0 Å². The molecule has 2 aromatic heterocycles. The number of nitrogens with one attached hydrogen (secondary N) is 1. The quantitative estimate of drug-likeness (QED) is 0.674. The minimum Gasteiger partial charge on any atom is -0.374 e. The first-order valence-electron chi connectivity index (χ1n) is 9.30. The summed E-state index contributed by atoms with van der Waals surface area (Å²) < 4.78 is 5.36. The molecule has 0 aliphatic rings. The third-order valence-electron chi connectivity index (χ3n) is 4.41. The first-order valence-corrected chi connectivity index (χ1v) is 9.30. The lowest BCUT2D eigenvalue weighted by atomic mass is 10.2. The van der Waals surface area contributed by atoms with Gasteiger partial charge in [0.2, 0.25) is 17.6 Å². The summed E-state index contributed by atoms with van der Waals surface area (Å²) in [4.78, 5) is 23.2. The molecule has 146 valence electrons. The van der Waals surface area contributed by atoms with E-state index < -0.39 is 0 Å². The number of amides is 1. The number of benzene rings is 1. The number of aryl methyl sites for hydroxylation is 1. The Morgan fingerprint density at radius 3 is 2.57 bits per heavy atom. The lowest BCUT2D eigenvalue weighted by Gasteiger charge is -2.28. The molecule has 0 spiro atoms. The van der Waals surface area contributed by atoms with Crippen molar-refractivity contribution in [1.82, 2.24) is 20.0 Å². The summed E-state index contributed by atoms with van der Waals surface area (Å²) in [6.07, 6.45) is 3.36. The normalized spacial score (nSPS) is 12.0. The van der Waals surface area contributed by atoms with Crippen molar-refractivity contribution in [2.45, 2.75) is 46.3 Å². The molecular formula is C21H25N5O2. The molecule has 2 heterocycles. The van der Waals surface area contributed by atoms with Crippen molar-refractivity contribution in [1.29, 1.82) is 0 Å². The highest BCUT2D eigenvalue weighted by Crippen LogP contribution is 2.17. The molecule has 0 saturated heterocycles. The van der Waals surface area contributed by atoms with Gasteiger partial charge in [-0.25, -0.2) is 0 Å². The van der Waals surface area contributed by atoms with E-state index in [-0.39, 0.29) is 24.5 Å². The standard InChI is InChI=1S/C21H25N5O2/c1-14(2)26(21(27)16(4)23-18-9-7-15(3)8-10-18)13-19-24-20(25-28-19)17-6-5-11-22-12-17/h5-12,14,16,23H,13H2,1-4H3. The molecule has 0 fully saturated rings. The highest BCUT2D eigenvalue weighted by molar-refractivity contribution is 5.84. The average Bonchev–Trinajstić information content (AvgIpc) is 3.16. The van der Waals surface area contributed by atoms with Gasteiger partial charge in [-0.15, -0.1) is 0 Å². The predicted octanol–water partition coefficient (Wildman–Crippen LogP) is 3.68. The summed E-state index contributed by atoms with van der Waals surface area (Å²) >= 11 is 0. The zero-order chi connectivity index (χ0) is 20.1. The summed E-state index contributed by atoms with van der Waals surface area (Å²) in [5, 5.41) is 7.25. The number of aromatic nitrogens is 3. The van der Waals surface area contributed by atoms with Crippen LogP contribution in [0, 0.1) is 6.92 Å². The van der Waals surface area contributed by atoms with Crippen LogP contribution < -0.4 is 5.32 Å². The van der Waals surface area contributed by atoms with Crippen molar-refractivity contribution >= 4 is 11.6 Å². The van der Waals surface area contributed by atoms with E-state index in [4.69, 9.17) is 4.52 Å². The number of nitrogens with zero attached hydrogens (tertiary/aromatic N) is 4. The van der Waals surface area contributed by atoms with Gasteiger partial charge in [0.1, 0.15) is 12.6 Å². The lowest BCUT2D eigenvalue weighted by Crippen LogP contribution is -2.44. The highest BCUT2D eigenvalue weighted by Gasteiger charge is 2.25. The van der Waals surface area contributed by atoms with E-state index in [0.29, 0.717) is 11.7 Å². The second kappa shape index (κ2) is 8.65. The minimum atomic E-state index is -0.383. The van der Waals surface area contributed by atoms with Gasteiger partial charge in [-0.3, -0.25) is 9.78 Å². The molecular weight excluding hydrogens is 354 g/mol. The number of pyridine rings is 1. The van der Waals surface area contributed by atoms with Gasteiger partial charge < -0.3 is 14.7 Å². The number of hydrogen-bond donors (Lipinski definition) is 1. The topological polar surface area (TPSA) is 84.2 Å². The predicted molar refractivity (Wildman–Crippen MR) is 107 cm³/mol. The Hall–Kier alpha value is -3.22. The molecule has 0 saturated carbocycles.